The molecule has 0 radical (unpaired) electrons. The molecule has 2 rings (SSSR count). The summed E-state index contributed by atoms with van der Waals surface area (Å²) in [6.45, 7) is 1.44. The average Bonchev–Trinajstić information content (AvgIpc) is 2.94. The van der Waals surface area contributed by atoms with Crippen molar-refractivity contribution in [2.75, 3.05) is 26.4 Å². The van der Waals surface area contributed by atoms with Crippen molar-refractivity contribution in [3.63, 3.8) is 0 Å². The summed E-state index contributed by atoms with van der Waals surface area (Å²) < 4.78 is 5.73. The van der Waals surface area contributed by atoms with Gasteiger partial charge < -0.3 is 14.6 Å². The largest absolute Gasteiger partial charge is 0.464 e. The number of halogens is 2. The third-order valence-electron chi connectivity index (χ3n) is 2.89. The maximum Gasteiger partial charge on any atom is 0.252 e. The van der Waals surface area contributed by atoms with Gasteiger partial charge in [-0.25, -0.2) is 0 Å². The van der Waals surface area contributed by atoms with Crippen molar-refractivity contribution in [3.8, 4) is 0 Å². The van der Waals surface area contributed by atoms with E-state index in [2.05, 4.69) is 15.2 Å². The molecule has 0 aliphatic carbocycles. The van der Waals surface area contributed by atoms with Crippen molar-refractivity contribution in [2.24, 2.45) is 0 Å². The van der Waals surface area contributed by atoms with Gasteiger partial charge in [-0.1, -0.05) is 0 Å². The summed E-state index contributed by atoms with van der Waals surface area (Å²) in [5.41, 5.74) is 0.590. The van der Waals surface area contributed by atoms with Crippen molar-refractivity contribution >= 4 is 42.5 Å². The van der Waals surface area contributed by atoms with Crippen LogP contribution in [0.3, 0.4) is 0 Å². The molecular formula is C16H23Cl2N3O2S. The highest BCUT2D eigenvalue weighted by atomic mass is 35.5. The van der Waals surface area contributed by atoms with Gasteiger partial charge in [0.15, 0.2) is 0 Å². The van der Waals surface area contributed by atoms with Crippen molar-refractivity contribution < 1.29 is 9.21 Å². The van der Waals surface area contributed by atoms with Crippen LogP contribution in [0.1, 0.15) is 21.9 Å². The number of carbonyl (C=O) groups excluding carboxylic acids is 1. The van der Waals surface area contributed by atoms with E-state index < -0.39 is 0 Å². The van der Waals surface area contributed by atoms with E-state index in [0.29, 0.717) is 12.1 Å². The van der Waals surface area contributed by atoms with Crippen LogP contribution in [-0.4, -0.2) is 42.2 Å². The molecule has 0 fully saturated rings. The molecule has 8 heteroatoms. The maximum atomic E-state index is 11.8. The summed E-state index contributed by atoms with van der Waals surface area (Å²) in [4.78, 5) is 17.8. The molecule has 1 amide bonds. The van der Waals surface area contributed by atoms with Crippen LogP contribution in [0, 0.1) is 0 Å². The first kappa shape index (κ1) is 22.8. The van der Waals surface area contributed by atoms with Crippen molar-refractivity contribution in [1.29, 1.82) is 0 Å². The van der Waals surface area contributed by atoms with E-state index in [0.717, 1.165) is 29.6 Å². The number of hydrogen-bond acceptors (Lipinski definition) is 5. The summed E-state index contributed by atoms with van der Waals surface area (Å²) in [5.74, 6) is 3.53. The lowest BCUT2D eigenvalue weighted by Crippen LogP contribution is -2.25. The summed E-state index contributed by atoms with van der Waals surface area (Å²) in [5, 5.41) is 2.88. The number of pyridine rings is 1. The maximum absolute atomic E-state index is 11.8. The first-order valence-corrected chi connectivity index (χ1v) is 8.29. The predicted octanol–water partition coefficient (Wildman–Crippen LogP) is 3.24. The molecule has 134 valence electrons. The lowest BCUT2D eigenvalue weighted by molar-refractivity contribution is 0.0956. The molecule has 5 nitrogen and oxygen atoms in total. The SMILES string of the molecule is CN(C)Cc1ccc(CSCCNC(=O)c2cccnc2)o1.Cl.Cl. The quantitative estimate of drug-likeness (QED) is 0.699. The molecule has 24 heavy (non-hydrogen) atoms. The van der Waals surface area contributed by atoms with Crippen LogP contribution in [0.25, 0.3) is 0 Å². The fraction of sp³-hybridized carbons (Fsp3) is 0.375. The Kier molecular flexibility index (Phi) is 11.6. The minimum absolute atomic E-state index is 0. The first-order valence-electron chi connectivity index (χ1n) is 7.13. The highest BCUT2D eigenvalue weighted by molar-refractivity contribution is 7.98. The monoisotopic (exact) mass is 391 g/mol. The van der Waals surface area contributed by atoms with Gasteiger partial charge in [-0.3, -0.25) is 9.78 Å². The molecule has 0 aromatic carbocycles. The van der Waals surface area contributed by atoms with Gasteiger partial charge in [0, 0.05) is 24.7 Å². The smallest absolute Gasteiger partial charge is 0.252 e. The number of furan rings is 1. The Morgan fingerprint density at radius 2 is 2.00 bits per heavy atom. The van der Waals surface area contributed by atoms with Crippen molar-refractivity contribution in [1.82, 2.24) is 15.2 Å². The van der Waals surface area contributed by atoms with Crippen LogP contribution >= 0.6 is 36.6 Å². The summed E-state index contributed by atoms with van der Waals surface area (Å²) in [6.07, 6.45) is 3.22. The second-order valence-electron chi connectivity index (χ2n) is 5.16. The Labute approximate surface area is 159 Å². The van der Waals surface area contributed by atoms with Gasteiger partial charge in [-0.05, 0) is 38.4 Å². The Hall–Kier alpha value is -1.21. The van der Waals surface area contributed by atoms with E-state index >= 15 is 0 Å². The lowest BCUT2D eigenvalue weighted by atomic mass is 10.3. The van der Waals surface area contributed by atoms with Crippen molar-refractivity contribution in [3.05, 3.63) is 53.7 Å². The van der Waals surface area contributed by atoms with Crippen LogP contribution < -0.4 is 5.32 Å². The van der Waals surface area contributed by atoms with Gasteiger partial charge >= 0.3 is 0 Å². The van der Waals surface area contributed by atoms with Crippen LogP contribution in [0.4, 0.5) is 0 Å². The van der Waals surface area contributed by atoms with E-state index in [1.165, 1.54) is 0 Å². The molecular weight excluding hydrogens is 369 g/mol. The third-order valence-corrected chi connectivity index (χ3v) is 3.87. The number of thioether (sulfide) groups is 1. The molecule has 0 unspecified atom stereocenters. The molecule has 2 heterocycles. The topological polar surface area (TPSA) is 58.4 Å². The number of nitrogens with zero attached hydrogens (tertiary/aromatic N) is 2. The minimum Gasteiger partial charge on any atom is -0.464 e. The van der Waals surface area contributed by atoms with Gasteiger partial charge in [0.1, 0.15) is 11.5 Å². The molecule has 1 N–H and O–H groups in total. The lowest BCUT2D eigenvalue weighted by Gasteiger charge is -2.06. The van der Waals surface area contributed by atoms with Gasteiger partial charge in [0.05, 0.1) is 17.9 Å². The summed E-state index contributed by atoms with van der Waals surface area (Å²) >= 11 is 1.74. The number of aromatic nitrogens is 1. The van der Waals surface area contributed by atoms with E-state index in [1.54, 1.807) is 36.3 Å². The summed E-state index contributed by atoms with van der Waals surface area (Å²) in [6, 6.07) is 7.54. The van der Waals surface area contributed by atoms with E-state index in [4.69, 9.17) is 4.42 Å². The fourth-order valence-corrected chi connectivity index (χ4v) is 2.65. The first-order chi connectivity index (χ1) is 10.6. The number of rotatable bonds is 8. The molecule has 2 aromatic rings. The average molecular weight is 392 g/mol. The Morgan fingerprint density at radius 1 is 1.25 bits per heavy atom. The van der Waals surface area contributed by atoms with Gasteiger partial charge in [0.2, 0.25) is 0 Å². The second-order valence-corrected chi connectivity index (χ2v) is 6.26. The third kappa shape index (κ3) is 8.06. The van der Waals surface area contributed by atoms with Gasteiger partial charge in [0.25, 0.3) is 5.91 Å². The molecule has 0 aliphatic heterocycles. The zero-order valence-electron chi connectivity index (χ0n) is 13.7. The fourth-order valence-electron chi connectivity index (χ4n) is 1.91. The van der Waals surface area contributed by atoms with E-state index in [1.807, 2.05) is 26.2 Å². The van der Waals surface area contributed by atoms with Crippen LogP contribution in [0.15, 0.2) is 41.1 Å². The highest BCUT2D eigenvalue weighted by Crippen LogP contribution is 2.15. The molecule has 0 atom stereocenters. The molecule has 2 aromatic heterocycles. The minimum atomic E-state index is -0.0834. The normalized spacial score (nSPS) is 9.96. The Bertz CT molecular complexity index is 594. The molecule has 0 saturated heterocycles. The molecule has 0 saturated carbocycles. The van der Waals surface area contributed by atoms with Gasteiger partial charge in [-0.15, -0.1) is 24.8 Å². The Morgan fingerprint density at radius 3 is 2.67 bits per heavy atom. The molecule has 0 aliphatic rings. The summed E-state index contributed by atoms with van der Waals surface area (Å²) in [7, 11) is 4.03. The highest BCUT2D eigenvalue weighted by Gasteiger charge is 2.05. The van der Waals surface area contributed by atoms with Crippen LogP contribution in [0.5, 0.6) is 0 Å². The predicted molar refractivity (Wildman–Crippen MR) is 103 cm³/mol. The number of amides is 1. The van der Waals surface area contributed by atoms with Crippen LogP contribution in [-0.2, 0) is 12.3 Å². The van der Waals surface area contributed by atoms with Crippen molar-refractivity contribution in [2.45, 2.75) is 12.3 Å². The Balaban J connectivity index is 0.00000264. The second kappa shape index (κ2) is 12.2. The zero-order chi connectivity index (χ0) is 15.8. The molecule has 0 spiro atoms. The van der Waals surface area contributed by atoms with Gasteiger partial charge in [-0.2, -0.15) is 11.8 Å². The van der Waals surface area contributed by atoms with Crippen LogP contribution in [0.2, 0.25) is 0 Å². The van der Waals surface area contributed by atoms with E-state index in [9.17, 15) is 4.79 Å². The van der Waals surface area contributed by atoms with E-state index in [-0.39, 0.29) is 30.7 Å². The number of hydrogen-bond donors (Lipinski definition) is 1. The standard InChI is InChI=1S/C16H21N3O2S.2ClH/c1-19(2)11-14-5-6-15(21-14)12-22-9-8-18-16(20)13-4-3-7-17-10-13;;/h3-7,10H,8-9,11-12H2,1-2H3,(H,18,20);2*1H. The zero-order valence-corrected chi connectivity index (χ0v) is 16.2. The molecule has 0 bridgehead atoms. The number of nitrogens with one attached hydrogen (secondary N) is 1. The number of carbonyl (C=O) groups is 1.